The molecule has 1 aromatic heterocycles. The zero-order chi connectivity index (χ0) is 16.9. The van der Waals surface area contributed by atoms with Crippen LogP contribution >= 0.6 is 0 Å². The Bertz CT molecular complexity index is 835. The van der Waals surface area contributed by atoms with Crippen molar-refractivity contribution in [2.45, 2.75) is 0 Å². The third-order valence-corrected chi connectivity index (χ3v) is 3.60. The van der Waals surface area contributed by atoms with Crippen molar-refractivity contribution < 1.29 is 14.3 Å². The number of methoxy groups -OCH3 is 1. The van der Waals surface area contributed by atoms with Gasteiger partial charge in [-0.25, -0.2) is 4.79 Å². The summed E-state index contributed by atoms with van der Waals surface area (Å²) in [6, 6.07) is 17.7. The fraction of sp³-hybridized carbons (Fsp3) is 0.0526. The van der Waals surface area contributed by atoms with Crippen LogP contribution in [0.2, 0.25) is 0 Å². The number of anilines is 1. The average molecular weight is 320 g/mol. The molecule has 120 valence electrons. The molecule has 0 unspecified atom stereocenters. The summed E-state index contributed by atoms with van der Waals surface area (Å²) >= 11 is 0. The van der Waals surface area contributed by atoms with Crippen LogP contribution in [0.4, 0.5) is 5.69 Å². The highest BCUT2D eigenvalue weighted by Gasteiger charge is 2.08. The lowest BCUT2D eigenvalue weighted by molar-refractivity contribution is 0.0600. The van der Waals surface area contributed by atoms with Gasteiger partial charge >= 0.3 is 5.97 Å². The fourth-order valence-corrected chi connectivity index (χ4v) is 2.30. The predicted octanol–water partition coefficient (Wildman–Crippen LogP) is 3.52. The summed E-state index contributed by atoms with van der Waals surface area (Å²) < 4.78 is 6.61. The highest BCUT2D eigenvalue weighted by Crippen LogP contribution is 2.14. The van der Waals surface area contributed by atoms with Gasteiger partial charge in [-0.1, -0.05) is 0 Å². The Labute approximate surface area is 139 Å². The third-order valence-electron chi connectivity index (χ3n) is 3.60. The summed E-state index contributed by atoms with van der Waals surface area (Å²) in [6.07, 6.45) is 3.88. The number of amides is 1. The van der Waals surface area contributed by atoms with Crippen molar-refractivity contribution in [2.75, 3.05) is 12.4 Å². The van der Waals surface area contributed by atoms with E-state index < -0.39 is 5.97 Å². The number of carbonyl (C=O) groups is 2. The molecule has 0 radical (unpaired) electrons. The first-order valence-corrected chi connectivity index (χ1v) is 7.40. The normalized spacial score (nSPS) is 10.2. The van der Waals surface area contributed by atoms with E-state index in [1.54, 1.807) is 36.4 Å². The lowest BCUT2D eigenvalue weighted by Gasteiger charge is -2.07. The minimum atomic E-state index is -0.409. The molecule has 1 heterocycles. The van der Waals surface area contributed by atoms with Crippen molar-refractivity contribution >= 4 is 17.6 Å². The first-order chi connectivity index (χ1) is 11.7. The van der Waals surface area contributed by atoms with E-state index in [-0.39, 0.29) is 5.91 Å². The zero-order valence-corrected chi connectivity index (χ0v) is 13.1. The highest BCUT2D eigenvalue weighted by atomic mass is 16.5. The third kappa shape index (κ3) is 3.35. The van der Waals surface area contributed by atoms with E-state index in [1.807, 2.05) is 41.2 Å². The highest BCUT2D eigenvalue weighted by molar-refractivity contribution is 6.04. The number of aromatic nitrogens is 1. The summed E-state index contributed by atoms with van der Waals surface area (Å²) in [4.78, 5) is 23.7. The molecule has 1 amide bonds. The van der Waals surface area contributed by atoms with E-state index in [2.05, 4.69) is 10.1 Å². The molecule has 2 aromatic carbocycles. The van der Waals surface area contributed by atoms with Crippen LogP contribution in [-0.4, -0.2) is 23.6 Å². The molecule has 0 bridgehead atoms. The molecule has 3 rings (SSSR count). The maximum Gasteiger partial charge on any atom is 0.337 e. The summed E-state index contributed by atoms with van der Waals surface area (Å²) in [7, 11) is 1.33. The number of ether oxygens (including phenoxy) is 1. The first-order valence-electron chi connectivity index (χ1n) is 7.40. The minimum Gasteiger partial charge on any atom is -0.465 e. The lowest BCUT2D eigenvalue weighted by atomic mass is 10.1. The van der Waals surface area contributed by atoms with Crippen LogP contribution in [-0.2, 0) is 4.74 Å². The molecule has 5 heteroatoms. The van der Waals surface area contributed by atoms with Crippen molar-refractivity contribution in [2.24, 2.45) is 0 Å². The molecule has 0 saturated carbocycles. The van der Waals surface area contributed by atoms with Gasteiger partial charge < -0.3 is 14.6 Å². The fourth-order valence-electron chi connectivity index (χ4n) is 2.30. The molecule has 3 aromatic rings. The number of benzene rings is 2. The first kappa shape index (κ1) is 15.6. The maximum atomic E-state index is 12.3. The Morgan fingerprint density at radius 2 is 1.46 bits per heavy atom. The molecule has 0 aliphatic carbocycles. The topological polar surface area (TPSA) is 60.3 Å². The molecule has 1 N–H and O–H groups in total. The van der Waals surface area contributed by atoms with Crippen molar-refractivity contribution in [1.82, 2.24) is 4.57 Å². The molecule has 0 aliphatic rings. The largest absolute Gasteiger partial charge is 0.465 e. The molecule has 0 saturated heterocycles. The molecule has 0 spiro atoms. The Hall–Kier alpha value is -3.34. The number of hydrogen-bond acceptors (Lipinski definition) is 3. The van der Waals surface area contributed by atoms with Crippen LogP contribution in [0.15, 0.2) is 73.1 Å². The van der Waals surface area contributed by atoms with Crippen LogP contribution in [0.25, 0.3) is 5.69 Å². The SMILES string of the molecule is COC(=O)c1ccc(NC(=O)c2ccc(-n3cccc3)cc2)cc1. The van der Waals surface area contributed by atoms with Gasteiger partial charge in [-0.15, -0.1) is 0 Å². The van der Waals surface area contributed by atoms with Gasteiger partial charge in [0.15, 0.2) is 0 Å². The predicted molar refractivity (Wildman–Crippen MR) is 91.5 cm³/mol. The minimum absolute atomic E-state index is 0.208. The van der Waals surface area contributed by atoms with Crippen molar-refractivity contribution in [1.29, 1.82) is 0 Å². The van der Waals surface area contributed by atoms with Crippen LogP contribution < -0.4 is 5.32 Å². The van der Waals surface area contributed by atoms with Gasteiger partial charge in [0.2, 0.25) is 0 Å². The Balaban J connectivity index is 1.69. The smallest absolute Gasteiger partial charge is 0.337 e. The zero-order valence-electron chi connectivity index (χ0n) is 13.1. The van der Waals surface area contributed by atoms with Gasteiger partial charge in [-0.2, -0.15) is 0 Å². The van der Waals surface area contributed by atoms with Crippen molar-refractivity contribution in [3.63, 3.8) is 0 Å². The van der Waals surface area contributed by atoms with Gasteiger partial charge in [-0.3, -0.25) is 4.79 Å². The van der Waals surface area contributed by atoms with Crippen LogP contribution in [0.3, 0.4) is 0 Å². The summed E-state index contributed by atoms with van der Waals surface area (Å²) in [5.41, 5.74) is 2.59. The van der Waals surface area contributed by atoms with E-state index in [0.29, 0.717) is 16.8 Å². The number of rotatable bonds is 4. The Morgan fingerprint density at radius 1 is 0.875 bits per heavy atom. The number of nitrogens with zero attached hydrogens (tertiary/aromatic N) is 1. The summed E-state index contributed by atoms with van der Waals surface area (Å²) in [6.45, 7) is 0. The number of carbonyl (C=O) groups excluding carboxylic acids is 2. The second-order valence-corrected chi connectivity index (χ2v) is 5.16. The quantitative estimate of drug-likeness (QED) is 0.748. The molecule has 0 fully saturated rings. The average Bonchev–Trinajstić information content (AvgIpc) is 3.16. The van der Waals surface area contributed by atoms with Crippen LogP contribution in [0, 0.1) is 0 Å². The van der Waals surface area contributed by atoms with E-state index in [9.17, 15) is 9.59 Å². The second kappa shape index (κ2) is 6.83. The van der Waals surface area contributed by atoms with Crippen molar-refractivity contribution in [3.8, 4) is 5.69 Å². The van der Waals surface area contributed by atoms with Gasteiger partial charge in [0.25, 0.3) is 5.91 Å². The Kier molecular flexibility index (Phi) is 4.43. The Morgan fingerprint density at radius 3 is 2.04 bits per heavy atom. The van der Waals surface area contributed by atoms with E-state index in [0.717, 1.165) is 5.69 Å². The number of hydrogen-bond donors (Lipinski definition) is 1. The molecule has 5 nitrogen and oxygen atoms in total. The monoisotopic (exact) mass is 320 g/mol. The summed E-state index contributed by atoms with van der Waals surface area (Å²) in [5.74, 6) is -0.617. The molecule has 24 heavy (non-hydrogen) atoms. The molecule has 0 atom stereocenters. The van der Waals surface area contributed by atoms with Gasteiger partial charge in [0.05, 0.1) is 12.7 Å². The number of nitrogens with one attached hydrogen (secondary N) is 1. The van der Waals surface area contributed by atoms with Crippen molar-refractivity contribution in [3.05, 3.63) is 84.2 Å². The standard InChI is InChI=1S/C19H16N2O3/c1-24-19(23)15-4-8-16(9-5-15)20-18(22)14-6-10-17(11-7-14)21-12-2-3-13-21/h2-13H,1H3,(H,20,22). The second-order valence-electron chi connectivity index (χ2n) is 5.16. The van der Waals surface area contributed by atoms with Crippen LogP contribution in [0.1, 0.15) is 20.7 Å². The lowest BCUT2D eigenvalue weighted by Crippen LogP contribution is -2.12. The van der Waals surface area contributed by atoms with E-state index in [4.69, 9.17) is 0 Å². The summed E-state index contributed by atoms with van der Waals surface area (Å²) in [5, 5.41) is 2.80. The molecule has 0 aliphatic heterocycles. The van der Waals surface area contributed by atoms with Crippen LogP contribution in [0.5, 0.6) is 0 Å². The number of esters is 1. The van der Waals surface area contributed by atoms with E-state index in [1.165, 1.54) is 7.11 Å². The van der Waals surface area contributed by atoms with Gasteiger partial charge in [0.1, 0.15) is 0 Å². The maximum absolute atomic E-state index is 12.3. The molecular formula is C19H16N2O3. The van der Waals surface area contributed by atoms with Gasteiger partial charge in [-0.05, 0) is 60.7 Å². The van der Waals surface area contributed by atoms with Gasteiger partial charge in [0, 0.05) is 29.3 Å². The molecular weight excluding hydrogens is 304 g/mol. The van der Waals surface area contributed by atoms with E-state index >= 15 is 0 Å².